The zero-order chi connectivity index (χ0) is 19.8. The average Bonchev–Trinajstić information content (AvgIpc) is 2.70. The van der Waals surface area contributed by atoms with Crippen molar-refractivity contribution >= 4 is 23.2 Å². The number of hydrogen-bond acceptors (Lipinski definition) is 4. The zero-order valence-corrected chi connectivity index (χ0v) is 17.1. The van der Waals surface area contributed by atoms with Crippen LogP contribution in [0.15, 0.2) is 48.5 Å². The largest absolute Gasteiger partial charge is 0.494 e. The Bertz CT molecular complexity index is 741. The third-order valence-electron chi connectivity index (χ3n) is 4.87. The molecular weight excluding hydrogens is 374 g/mol. The van der Waals surface area contributed by atoms with Crippen molar-refractivity contribution in [2.24, 2.45) is 0 Å². The highest BCUT2D eigenvalue weighted by atomic mass is 35.5. The smallest absolute Gasteiger partial charge is 0.224 e. The fourth-order valence-electron chi connectivity index (χ4n) is 3.13. The predicted octanol–water partition coefficient (Wildman–Crippen LogP) is 3.89. The van der Waals surface area contributed by atoms with Crippen LogP contribution in [0.2, 0.25) is 5.02 Å². The first kappa shape index (κ1) is 20.6. The molecule has 1 aliphatic heterocycles. The number of halogens is 1. The second-order valence-corrected chi connectivity index (χ2v) is 7.67. The lowest BCUT2D eigenvalue weighted by Gasteiger charge is -2.32. The lowest BCUT2D eigenvalue weighted by molar-refractivity contribution is -0.116. The first-order valence-electron chi connectivity index (χ1n) is 9.76. The summed E-state index contributed by atoms with van der Waals surface area (Å²) in [5, 5.41) is 3.63. The lowest BCUT2D eigenvalue weighted by Crippen LogP contribution is -2.43. The van der Waals surface area contributed by atoms with Gasteiger partial charge in [0.2, 0.25) is 5.91 Å². The SMILES string of the molecule is CN1CCN(Cc2ccc(NC(=O)CCCOc3ccc(Cl)cc3)cc2)CC1. The van der Waals surface area contributed by atoms with Crippen LogP contribution >= 0.6 is 11.6 Å². The molecule has 0 bridgehead atoms. The van der Waals surface area contributed by atoms with Crippen LogP contribution in [-0.2, 0) is 11.3 Å². The van der Waals surface area contributed by atoms with Gasteiger partial charge in [-0.15, -0.1) is 0 Å². The molecule has 0 aliphatic carbocycles. The van der Waals surface area contributed by atoms with E-state index < -0.39 is 0 Å². The number of nitrogens with zero attached hydrogens (tertiary/aromatic N) is 2. The van der Waals surface area contributed by atoms with Gasteiger partial charge in [-0.1, -0.05) is 23.7 Å². The summed E-state index contributed by atoms with van der Waals surface area (Å²) >= 11 is 5.84. The van der Waals surface area contributed by atoms with Crippen LogP contribution in [0.25, 0.3) is 0 Å². The molecule has 0 atom stereocenters. The van der Waals surface area contributed by atoms with Gasteiger partial charge >= 0.3 is 0 Å². The molecular formula is C22H28ClN3O2. The van der Waals surface area contributed by atoms with Crippen LogP contribution in [0.3, 0.4) is 0 Å². The Hall–Kier alpha value is -2.08. The molecule has 150 valence electrons. The van der Waals surface area contributed by atoms with Crippen LogP contribution < -0.4 is 10.1 Å². The van der Waals surface area contributed by atoms with Crippen molar-refractivity contribution in [3.63, 3.8) is 0 Å². The normalized spacial score (nSPS) is 15.4. The van der Waals surface area contributed by atoms with E-state index in [1.807, 2.05) is 24.3 Å². The molecule has 6 heteroatoms. The third kappa shape index (κ3) is 6.82. The van der Waals surface area contributed by atoms with Gasteiger partial charge in [0.25, 0.3) is 0 Å². The van der Waals surface area contributed by atoms with Crippen molar-refractivity contribution in [2.75, 3.05) is 45.2 Å². The maximum absolute atomic E-state index is 12.1. The predicted molar refractivity (Wildman–Crippen MR) is 114 cm³/mol. The second-order valence-electron chi connectivity index (χ2n) is 7.23. The maximum atomic E-state index is 12.1. The molecule has 1 saturated heterocycles. The van der Waals surface area contributed by atoms with Crippen molar-refractivity contribution in [1.29, 1.82) is 0 Å². The minimum Gasteiger partial charge on any atom is -0.494 e. The molecule has 0 saturated carbocycles. The van der Waals surface area contributed by atoms with E-state index in [4.69, 9.17) is 16.3 Å². The number of carbonyl (C=O) groups is 1. The standard InChI is InChI=1S/C22H28ClN3O2/c1-25-12-14-26(15-13-25)17-18-4-8-20(9-5-18)24-22(27)3-2-16-28-21-10-6-19(23)7-11-21/h4-11H,2-3,12-17H2,1H3,(H,24,27). The number of amides is 1. The number of hydrogen-bond donors (Lipinski definition) is 1. The molecule has 1 N–H and O–H groups in total. The molecule has 1 fully saturated rings. The molecule has 1 heterocycles. The quantitative estimate of drug-likeness (QED) is 0.682. The Labute approximate surface area is 172 Å². The number of benzene rings is 2. The minimum atomic E-state index is 0.00604. The summed E-state index contributed by atoms with van der Waals surface area (Å²) in [7, 11) is 2.17. The highest BCUT2D eigenvalue weighted by Gasteiger charge is 2.13. The van der Waals surface area contributed by atoms with Gasteiger partial charge in [0.05, 0.1) is 6.61 Å². The highest BCUT2D eigenvalue weighted by Crippen LogP contribution is 2.16. The molecule has 5 nitrogen and oxygen atoms in total. The third-order valence-corrected chi connectivity index (χ3v) is 5.12. The summed E-state index contributed by atoms with van der Waals surface area (Å²) in [6, 6.07) is 15.4. The van der Waals surface area contributed by atoms with E-state index in [1.54, 1.807) is 12.1 Å². The molecule has 0 aromatic heterocycles. The molecule has 2 aromatic carbocycles. The van der Waals surface area contributed by atoms with E-state index in [0.29, 0.717) is 24.5 Å². The summed E-state index contributed by atoms with van der Waals surface area (Å²) < 4.78 is 5.61. The van der Waals surface area contributed by atoms with Crippen LogP contribution in [0.1, 0.15) is 18.4 Å². The van der Waals surface area contributed by atoms with E-state index in [9.17, 15) is 4.79 Å². The zero-order valence-electron chi connectivity index (χ0n) is 16.4. The van der Waals surface area contributed by atoms with Crippen molar-refractivity contribution in [1.82, 2.24) is 9.80 Å². The lowest BCUT2D eigenvalue weighted by atomic mass is 10.1. The number of piperazine rings is 1. The van der Waals surface area contributed by atoms with Gasteiger partial charge in [-0.2, -0.15) is 0 Å². The summed E-state index contributed by atoms with van der Waals surface area (Å²) in [6.07, 6.45) is 1.09. The molecule has 28 heavy (non-hydrogen) atoms. The van der Waals surface area contributed by atoms with Gasteiger partial charge in [-0.25, -0.2) is 0 Å². The first-order chi connectivity index (χ1) is 13.6. The van der Waals surface area contributed by atoms with E-state index in [1.165, 1.54) is 5.56 Å². The van der Waals surface area contributed by atoms with Gasteiger partial charge in [-0.3, -0.25) is 9.69 Å². The fraction of sp³-hybridized carbons (Fsp3) is 0.409. The van der Waals surface area contributed by atoms with E-state index >= 15 is 0 Å². The van der Waals surface area contributed by atoms with Crippen LogP contribution in [0, 0.1) is 0 Å². The molecule has 1 amide bonds. The average molecular weight is 402 g/mol. The summed E-state index contributed by atoms with van der Waals surface area (Å²) in [4.78, 5) is 16.9. The van der Waals surface area contributed by atoms with E-state index in [-0.39, 0.29) is 5.91 Å². The Morgan fingerprint density at radius 1 is 1.04 bits per heavy atom. The Morgan fingerprint density at radius 2 is 1.71 bits per heavy atom. The van der Waals surface area contributed by atoms with Gasteiger partial charge in [-0.05, 0) is 55.4 Å². The number of anilines is 1. The maximum Gasteiger partial charge on any atom is 0.224 e. The monoisotopic (exact) mass is 401 g/mol. The molecule has 2 aromatic rings. The van der Waals surface area contributed by atoms with Crippen LogP contribution in [-0.4, -0.2) is 55.5 Å². The van der Waals surface area contributed by atoms with Gasteiger partial charge < -0.3 is 15.0 Å². The number of carbonyl (C=O) groups excluding carboxylic acids is 1. The van der Waals surface area contributed by atoms with Crippen molar-refractivity contribution < 1.29 is 9.53 Å². The van der Waals surface area contributed by atoms with Gasteiger partial charge in [0.15, 0.2) is 0 Å². The second kappa shape index (κ2) is 10.5. The number of rotatable bonds is 8. The fourth-order valence-corrected chi connectivity index (χ4v) is 3.26. The van der Waals surface area contributed by atoms with Gasteiger partial charge in [0, 0.05) is 49.9 Å². The number of nitrogens with one attached hydrogen (secondary N) is 1. The first-order valence-corrected chi connectivity index (χ1v) is 10.1. The van der Waals surface area contributed by atoms with Crippen molar-refractivity contribution in [2.45, 2.75) is 19.4 Å². The molecule has 0 unspecified atom stereocenters. The topological polar surface area (TPSA) is 44.8 Å². The van der Waals surface area contributed by atoms with Crippen molar-refractivity contribution in [3.05, 3.63) is 59.1 Å². The van der Waals surface area contributed by atoms with E-state index in [0.717, 1.165) is 44.2 Å². The van der Waals surface area contributed by atoms with Gasteiger partial charge in [0.1, 0.15) is 5.75 Å². The molecule has 3 rings (SSSR count). The number of likely N-dealkylation sites (N-methyl/N-ethyl adjacent to an activating group) is 1. The van der Waals surface area contributed by atoms with Crippen molar-refractivity contribution in [3.8, 4) is 5.75 Å². The molecule has 0 spiro atoms. The highest BCUT2D eigenvalue weighted by molar-refractivity contribution is 6.30. The Balaban J connectivity index is 1.35. The molecule has 1 aliphatic rings. The van der Waals surface area contributed by atoms with E-state index in [2.05, 4.69) is 34.3 Å². The summed E-state index contributed by atoms with van der Waals surface area (Å²) in [6.45, 7) is 5.91. The number of ether oxygens (including phenoxy) is 1. The Morgan fingerprint density at radius 3 is 2.39 bits per heavy atom. The van der Waals surface area contributed by atoms with Crippen LogP contribution in [0.4, 0.5) is 5.69 Å². The Kier molecular flexibility index (Phi) is 7.71. The summed E-state index contributed by atoms with van der Waals surface area (Å²) in [5.41, 5.74) is 2.12. The minimum absolute atomic E-state index is 0.00604. The van der Waals surface area contributed by atoms with Crippen LogP contribution in [0.5, 0.6) is 5.75 Å². The molecule has 0 radical (unpaired) electrons. The summed E-state index contributed by atoms with van der Waals surface area (Å²) in [5.74, 6) is 0.771.